The van der Waals surface area contributed by atoms with Crippen molar-refractivity contribution in [2.45, 2.75) is 26.9 Å². The lowest BCUT2D eigenvalue weighted by Gasteiger charge is -2.05. The van der Waals surface area contributed by atoms with Gasteiger partial charge in [0.25, 0.3) is 0 Å². The molecule has 2 aromatic rings. The Morgan fingerprint density at radius 1 is 1.22 bits per heavy atom. The van der Waals surface area contributed by atoms with Crippen LogP contribution in [0, 0.1) is 13.8 Å². The van der Waals surface area contributed by atoms with Crippen molar-refractivity contribution in [2.75, 3.05) is 6.61 Å². The Morgan fingerprint density at radius 2 is 1.94 bits per heavy atom. The molecule has 0 aliphatic heterocycles. The van der Waals surface area contributed by atoms with E-state index in [0.29, 0.717) is 13.0 Å². The summed E-state index contributed by atoms with van der Waals surface area (Å²) in [5.74, 6) is 0.835. The molecule has 0 aliphatic rings. The molecule has 1 aromatic carbocycles. The second kappa shape index (κ2) is 5.98. The van der Waals surface area contributed by atoms with E-state index in [9.17, 15) is 0 Å². The fourth-order valence-electron chi connectivity index (χ4n) is 1.63. The lowest BCUT2D eigenvalue weighted by atomic mass is 10.1. The van der Waals surface area contributed by atoms with Crippen molar-refractivity contribution in [3.63, 3.8) is 0 Å². The standard InChI is InChI=1S/C14H17NO2S/c1-10-11(2)18-14(15-10)9-17-13-5-3-12(4-6-13)7-8-16/h3-6,16H,7-9H2,1-2H3. The van der Waals surface area contributed by atoms with E-state index in [1.807, 2.05) is 31.2 Å². The van der Waals surface area contributed by atoms with Gasteiger partial charge in [-0.25, -0.2) is 4.98 Å². The minimum Gasteiger partial charge on any atom is -0.486 e. The molecule has 18 heavy (non-hydrogen) atoms. The number of aliphatic hydroxyl groups is 1. The van der Waals surface area contributed by atoms with E-state index in [-0.39, 0.29) is 6.61 Å². The van der Waals surface area contributed by atoms with Crippen LogP contribution in [0.15, 0.2) is 24.3 Å². The Morgan fingerprint density at radius 3 is 2.50 bits per heavy atom. The third-order valence-corrected chi connectivity index (χ3v) is 3.81. The van der Waals surface area contributed by atoms with E-state index in [0.717, 1.165) is 22.0 Å². The van der Waals surface area contributed by atoms with Crippen LogP contribution in [0.2, 0.25) is 0 Å². The molecule has 0 spiro atoms. The molecule has 0 saturated heterocycles. The average molecular weight is 263 g/mol. The Kier molecular flexibility index (Phi) is 4.33. The largest absolute Gasteiger partial charge is 0.486 e. The summed E-state index contributed by atoms with van der Waals surface area (Å²) in [5, 5.41) is 9.84. The predicted octanol–water partition coefficient (Wildman–Crippen LogP) is 2.87. The molecule has 0 fully saturated rings. The number of hydrogen-bond acceptors (Lipinski definition) is 4. The lowest BCUT2D eigenvalue weighted by Crippen LogP contribution is -1.95. The van der Waals surface area contributed by atoms with E-state index in [4.69, 9.17) is 9.84 Å². The van der Waals surface area contributed by atoms with Crippen molar-refractivity contribution in [3.8, 4) is 5.75 Å². The third kappa shape index (κ3) is 3.31. The number of benzene rings is 1. The maximum Gasteiger partial charge on any atom is 0.140 e. The van der Waals surface area contributed by atoms with Crippen LogP contribution in [0.1, 0.15) is 21.1 Å². The summed E-state index contributed by atoms with van der Waals surface area (Å²) in [4.78, 5) is 5.68. The van der Waals surface area contributed by atoms with Crippen LogP contribution in [-0.4, -0.2) is 16.7 Å². The summed E-state index contributed by atoms with van der Waals surface area (Å²) >= 11 is 1.68. The third-order valence-electron chi connectivity index (χ3n) is 2.76. The molecule has 1 N–H and O–H groups in total. The molecule has 1 heterocycles. The zero-order chi connectivity index (χ0) is 13.0. The molecule has 0 amide bonds. The van der Waals surface area contributed by atoms with Crippen molar-refractivity contribution < 1.29 is 9.84 Å². The van der Waals surface area contributed by atoms with E-state index in [1.54, 1.807) is 11.3 Å². The Bertz CT molecular complexity index is 486. The molecule has 0 saturated carbocycles. The van der Waals surface area contributed by atoms with E-state index in [2.05, 4.69) is 11.9 Å². The summed E-state index contributed by atoms with van der Waals surface area (Å²) in [6, 6.07) is 7.81. The minimum atomic E-state index is 0.178. The highest BCUT2D eigenvalue weighted by Gasteiger charge is 2.04. The summed E-state index contributed by atoms with van der Waals surface area (Å²) in [5.41, 5.74) is 2.20. The van der Waals surface area contributed by atoms with Gasteiger partial charge in [-0.3, -0.25) is 0 Å². The zero-order valence-corrected chi connectivity index (χ0v) is 11.5. The van der Waals surface area contributed by atoms with Crippen molar-refractivity contribution >= 4 is 11.3 Å². The fourth-order valence-corrected chi connectivity index (χ4v) is 2.47. The van der Waals surface area contributed by atoms with Crippen molar-refractivity contribution in [1.29, 1.82) is 0 Å². The highest BCUT2D eigenvalue weighted by atomic mass is 32.1. The summed E-state index contributed by atoms with van der Waals surface area (Å²) in [7, 11) is 0. The van der Waals surface area contributed by atoms with Gasteiger partial charge in [0.2, 0.25) is 0 Å². The van der Waals surface area contributed by atoms with Crippen LogP contribution in [0.3, 0.4) is 0 Å². The summed E-state index contributed by atoms with van der Waals surface area (Å²) in [6.45, 7) is 4.77. The number of aromatic nitrogens is 1. The zero-order valence-electron chi connectivity index (χ0n) is 10.6. The first kappa shape index (κ1) is 13.1. The average Bonchev–Trinajstić information content (AvgIpc) is 2.68. The van der Waals surface area contributed by atoms with Gasteiger partial charge in [-0.05, 0) is 38.0 Å². The van der Waals surface area contributed by atoms with Crippen LogP contribution in [0.4, 0.5) is 0 Å². The molecule has 0 unspecified atom stereocenters. The SMILES string of the molecule is Cc1nc(COc2ccc(CCO)cc2)sc1C. The minimum absolute atomic E-state index is 0.178. The number of thiazole rings is 1. The Hall–Kier alpha value is -1.39. The number of hydrogen-bond donors (Lipinski definition) is 1. The monoisotopic (exact) mass is 263 g/mol. The fraction of sp³-hybridized carbons (Fsp3) is 0.357. The first-order valence-corrected chi connectivity index (χ1v) is 6.76. The van der Waals surface area contributed by atoms with Crippen LogP contribution < -0.4 is 4.74 Å². The molecule has 0 atom stereocenters. The molecule has 0 aliphatic carbocycles. The quantitative estimate of drug-likeness (QED) is 0.902. The normalized spacial score (nSPS) is 10.6. The second-order valence-corrected chi connectivity index (χ2v) is 5.44. The molecule has 0 radical (unpaired) electrons. The van der Waals surface area contributed by atoms with Crippen molar-refractivity contribution in [3.05, 3.63) is 45.4 Å². The summed E-state index contributed by atoms with van der Waals surface area (Å²) < 4.78 is 5.68. The van der Waals surface area contributed by atoms with Crippen LogP contribution in [0.25, 0.3) is 0 Å². The lowest BCUT2D eigenvalue weighted by molar-refractivity contribution is 0.298. The van der Waals surface area contributed by atoms with Crippen molar-refractivity contribution in [2.24, 2.45) is 0 Å². The van der Waals surface area contributed by atoms with Gasteiger partial charge in [-0.1, -0.05) is 12.1 Å². The second-order valence-electron chi connectivity index (χ2n) is 4.16. The van der Waals surface area contributed by atoms with Gasteiger partial charge in [0.1, 0.15) is 17.4 Å². The maximum absolute atomic E-state index is 8.83. The topological polar surface area (TPSA) is 42.4 Å². The Labute approximate surface area is 111 Å². The Balaban J connectivity index is 1.93. The van der Waals surface area contributed by atoms with Crippen LogP contribution in [-0.2, 0) is 13.0 Å². The maximum atomic E-state index is 8.83. The number of ether oxygens (including phenoxy) is 1. The summed E-state index contributed by atoms with van der Waals surface area (Å²) in [6.07, 6.45) is 0.686. The van der Waals surface area contributed by atoms with E-state index in [1.165, 1.54) is 4.88 Å². The number of nitrogens with zero attached hydrogens (tertiary/aromatic N) is 1. The molecule has 0 bridgehead atoms. The molecular formula is C14H17NO2S. The molecule has 96 valence electrons. The van der Waals surface area contributed by atoms with Crippen LogP contribution >= 0.6 is 11.3 Å². The van der Waals surface area contributed by atoms with Gasteiger partial charge in [-0.15, -0.1) is 11.3 Å². The van der Waals surface area contributed by atoms with Gasteiger partial charge in [0.15, 0.2) is 0 Å². The van der Waals surface area contributed by atoms with E-state index >= 15 is 0 Å². The molecule has 4 heteroatoms. The van der Waals surface area contributed by atoms with Gasteiger partial charge >= 0.3 is 0 Å². The molecule has 1 aromatic heterocycles. The predicted molar refractivity (Wildman–Crippen MR) is 73.2 cm³/mol. The smallest absolute Gasteiger partial charge is 0.140 e. The molecular weight excluding hydrogens is 246 g/mol. The first-order chi connectivity index (χ1) is 8.69. The molecule has 2 rings (SSSR count). The number of rotatable bonds is 5. The van der Waals surface area contributed by atoms with Gasteiger partial charge < -0.3 is 9.84 Å². The van der Waals surface area contributed by atoms with Crippen LogP contribution in [0.5, 0.6) is 5.75 Å². The number of aryl methyl sites for hydroxylation is 2. The number of aliphatic hydroxyl groups excluding tert-OH is 1. The molecule has 3 nitrogen and oxygen atoms in total. The van der Waals surface area contributed by atoms with Gasteiger partial charge in [0, 0.05) is 11.5 Å². The highest BCUT2D eigenvalue weighted by molar-refractivity contribution is 7.11. The van der Waals surface area contributed by atoms with Gasteiger partial charge in [-0.2, -0.15) is 0 Å². The van der Waals surface area contributed by atoms with Crippen molar-refractivity contribution in [1.82, 2.24) is 4.98 Å². The first-order valence-electron chi connectivity index (χ1n) is 5.94. The van der Waals surface area contributed by atoms with E-state index < -0.39 is 0 Å². The van der Waals surface area contributed by atoms with Gasteiger partial charge in [0.05, 0.1) is 5.69 Å². The highest BCUT2D eigenvalue weighted by Crippen LogP contribution is 2.19.